The van der Waals surface area contributed by atoms with E-state index in [2.05, 4.69) is 34.2 Å². The summed E-state index contributed by atoms with van der Waals surface area (Å²) in [6.45, 7) is 11.5. The maximum absolute atomic E-state index is 13.2. The molecular weight excluding hydrogens is 706 g/mol. The lowest BCUT2D eigenvalue weighted by atomic mass is 9.93. The van der Waals surface area contributed by atoms with Gasteiger partial charge in [-0.15, -0.1) is 5.10 Å². The Hall–Kier alpha value is -3.91. The Labute approximate surface area is 311 Å². The molecule has 3 aliphatic rings. The smallest absolute Gasteiger partial charge is 0.410 e. The van der Waals surface area contributed by atoms with Crippen LogP contribution in [0.1, 0.15) is 96.3 Å². The molecule has 2 amide bonds. The van der Waals surface area contributed by atoms with Crippen molar-refractivity contribution in [3.63, 3.8) is 0 Å². The molecule has 15 heteroatoms. The molecule has 0 spiro atoms. The molecule has 4 heterocycles. The van der Waals surface area contributed by atoms with E-state index in [1.165, 1.54) is 48.6 Å². The van der Waals surface area contributed by atoms with Gasteiger partial charge in [0.2, 0.25) is 5.88 Å². The Balaban J connectivity index is 0.978. The first kappa shape index (κ1) is 37.8. The number of likely N-dealkylation sites (tertiary alicyclic amines) is 1. The minimum absolute atomic E-state index is 0.113. The Morgan fingerprint density at radius 3 is 2.46 bits per heavy atom. The van der Waals surface area contributed by atoms with Crippen LogP contribution in [0.3, 0.4) is 0 Å². The number of amides is 2. The SMILES string of the molecule is CC(C)(C)OC(=O)N1CC(CCCNc2cccc(S(=O)(=O)NC(=O)c3ccc(-n4ccc(OCCC(C5CC5)C5CC5)n4)nc3Cl)n2)CC1(C)C. The fourth-order valence-corrected chi connectivity index (χ4v) is 8.33. The lowest BCUT2D eigenvalue weighted by Crippen LogP contribution is -2.45. The first-order valence-corrected chi connectivity index (χ1v) is 20.1. The third-order valence-electron chi connectivity index (χ3n) is 9.93. The number of anilines is 1. The van der Waals surface area contributed by atoms with Gasteiger partial charge in [-0.05, 0) is 134 Å². The first-order valence-electron chi connectivity index (χ1n) is 18.2. The van der Waals surface area contributed by atoms with Crippen LogP contribution < -0.4 is 14.8 Å². The van der Waals surface area contributed by atoms with Crippen molar-refractivity contribution in [2.24, 2.45) is 23.7 Å². The molecule has 3 aromatic rings. The van der Waals surface area contributed by atoms with Crippen LogP contribution in [0, 0.1) is 23.7 Å². The molecule has 2 aliphatic carbocycles. The predicted octanol–water partition coefficient (Wildman–Crippen LogP) is 6.87. The largest absolute Gasteiger partial charge is 0.477 e. The number of sulfonamides is 1. The number of pyridine rings is 2. The predicted molar refractivity (Wildman–Crippen MR) is 197 cm³/mol. The number of ether oxygens (including phenoxy) is 2. The summed E-state index contributed by atoms with van der Waals surface area (Å²) in [5.41, 5.74) is -0.971. The molecule has 2 saturated carbocycles. The van der Waals surface area contributed by atoms with Gasteiger partial charge in [0, 0.05) is 30.9 Å². The van der Waals surface area contributed by atoms with Gasteiger partial charge in [0.05, 0.1) is 12.2 Å². The fraction of sp³-hybridized carbons (Fsp3) is 0.595. The summed E-state index contributed by atoms with van der Waals surface area (Å²) < 4.78 is 41.4. The molecular formula is C37H50ClN7O6S. The summed E-state index contributed by atoms with van der Waals surface area (Å²) in [5, 5.41) is 7.11. The van der Waals surface area contributed by atoms with E-state index in [0.29, 0.717) is 43.1 Å². The number of aromatic nitrogens is 4. The third-order valence-corrected chi connectivity index (χ3v) is 11.4. The van der Waals surface area contributed by atoms with E-state index in [9.17, 15) is 18.0 Å². The number of hydrogen-bond donors (Lipinski definition) is 2. The second-order valence-corrected chi connectivity index (χ2v) is 17.9. The van der Waals surface area contributed by atoms with E-state index < -0.39 is 21.5 Å². The normalized spacial score (nSPS) is 18.8. The van der Waals surface area contributed by atoms with Crippen molar-refractivity contribution in [1.82, 2.24) is 29.4 Å². The highest BCUT2D eigenvalue weighted by molar-refractivity contribution is 7.90. The molecule has 282 valence electrons. The van der Waals surface area contributed by atoms with Crippen LogP contribution in [-0.4, -0.2) is 75.9 Å². The molecule has 0 bridgehead atoms. The van der Waals surface area contributed by atoms with Crippen LogP contribution >= 0.6 is 11.6 Å². The highest BCUT2D eigenvalue weighted by Gasteiger charge is 2.43. The summed E-state index contributed by atoms with van der Waals surface area (Å²) in [6.07, 6.45) is 10.3. The third kappa shape index (κ3) is 9.74. The monoisotopic (exact) mass is 755 g/mol. The number of nitrogens with one attached hydrogen (secondary N) is 2. The number of nitrogens with zero attached hydrogens (tertiary/aromatic N) is 5. The average Bonchev–Trinajstić information content (AvgIpc) is 4.00. The van der Waals surface area contributed by atoms with Crippen molar-refractivity contribution >= 4 is 39.4 Å². The van der Waals surface area contributed by atoms with Gasteiger partial charge in [0.15, 0.2) is 10.8 Å². The van der Waals surface area contributed by atoms with Crippen LogP contribution in [0.4, 0.5) is 10.6 Å². The second kappa shape index (κ2) is 15.2. The second-order valence-electron chi connectivity index (χ2n) is 15.9. The molecule has 1 atom stereocenters. The standard InChI is InChI=1S/C37H50ClN7O6S/c1-36(2,3)51-35(47)44-23-24(22-37(44,4)5)8-7-19-39-29-9-6-10-32(40-29)52(48,49)43-34(46)28-15-16-30(41-33(28)38)45-20-17-31(42-45)50-21-18-27(25-11-12-25)26-13-14-26/h6,9-10,15-17,20,24-27H,7-8,11-14,18-19,21-23H2,1-5H3,(H,39,40)(H,43,46). The van der Waals surface area contributed by atoms with Gasteiger partial charge >= 0.3 is 6.09 Å². The zero-order valence-corrected chi connectivity index (χ0v) is 32.2. The van der Waals surface area contributed by atoms with E-state index in [1.807, 2.05) is 30.4 Å². The van der Waals surface area contributed by atoms with E-state index in [1.54, 1.807) is 24.4 Å². The average molecular weight is 756 g/mol. The van der Waals surface area contributed by atoms with E-state index in [4.69, 9.17) is 21.1 Å². The van der Waals surface area contributed by atoms with Crippen molar-refractivity contribution < 1.29 is 27.5 Å². The van der Waals surface area contributed by atoms with Gasteiger partial charge in [-0.2, -0.15) is 8.42 Å². The van der Waals surface area contributed by atoms with Gasteiger partial charge in [0.25, 0.3) is 15.9 Å². The number of rotatable bonds is 15. The maximum Gasteiger partial charge on any atom is 0.410 e. The molecule has 1 saturated heterocycles. The Bertz CT molecular complexity index is 1860. The molecule has 1 unspecified atom stereocenters. The number of carbonyl (C=O) groups excluding carboxylic acids is 2. The number of halogens is 1. The summed E-state index contributed by atoms with van der Waals surface area (Å²) in [5.74, 6) is 3.05. The maximum atomic E-state index is 13.2. The zero-order valence-electron chi connectivity index (χ0n) is 30.6. The number of hydrogen-bond acceptors (Lipinski definition) is 10. The van der Waals surface area contributed by atoms with Gasteiger partial charge in [-0.3, -0.25) is 4.79 Å². The van der Waals surface area contributed by atoms with Gasteiger partial charge in [-0.1, -0.05) is 17.7 Å². The molecule has 3 aromatic heterocycles. The van der Waals surface area contributed by atoms with Crippen LogP contribution in [-0.2, 0) is 14.8 Å². The van der Waals surface area contributed by atoms with Crippen LogP contribution in [0.15, 0.2) is 47.6 Å². The van der Waals surface area contributed by atoms with E-state index in [0.717, 1.165) is 43.4 Å². The van der Waals surface area contributed by atoms with Crippen molar-refractivity contribution in [3.8, 4) is 11.7 Å². The van der Waals surface area contributed by atoms with Crippen LogP contribution in [0.25, 0.3) is 5.82 Å². The molecule has 2 N–H and O–H groups in total. The van der Waals surface area contributed by atoms with Crippen molar-refractivity contribution in [1.29, 1.82) is 0 Å². The molecule has 13 nitrogen and oxygen atoms in total. The molecule has 1 aliphatic heterocycles. The van der Waals surface area contributed by atoms with Crippen LogP contribution in [0.5, 0.6) is 5.88 Å². The van der Waals surface area contributed by atoms with Gasteiger partial charge in [0.1, 0.15) is 16.6 Å². The highest BCUT2D eigenvalue weighted by atomic mass is 35.5. The first-order chi connectivity index (χ1) is 24.6. The van der Waals surface area contributed by atoms with Crippen molar-refractivity contribution in [3.05, 3.63) is 53.3 Å². The molecule has 0 radical (unpaired) electrons. The van der Waals surface area contributed by atoms with E-state index >= 15 is 0 Å². The minimum atomic E-state index is -4.33. The summed E-state index contributed by atoms with van der Waals surface area (Å²) in [7, 11) is -4.33. The quantitative estimate of drug-likeness (QED) is 0.124. The Kier molecular flexibility index (Phi) is 11.1. The number of carbonyl (C=O) groups is 2. The van der Waals surface area contributed by atoms with Crippen molar-refractivity contribution in [2.75, 3.05) is 25.0 Å². The molecule has 0 aromatic carbocycles. The lowest BCUT2D eigenvalue weighted by molar-refractivity contribution is 0.0130. The van der Waals surface area contributed by atoms with Crippen molar-refractivity contribution in [2.45, 2.75) is 102 Å². The molecule has 6 rings (SSSR count). The minimum Gasteiger partial charge on any atom is -0.477 e. The highest BCUT2D eigenvalue weighted by Crippen LogP contribution is 2.50. The molecule has 52 heavy (non-hydrogen) atoms. The Morgan fingerprint density at radius 1 is 1.06 bits per heavy atom. The Morgan fingerprint density at radius 2 is 1.79 bits per heavy atom. The van der Waals surface area contributed by atoms with Gasteiger partial charge in [-0.25, -0.2) is 24.2 Å². The molecule has 3 fully saturated rings. The summed E-state index contributed by atoms with van der Waals surface area (Å²) >= 11 is 6.36. The van der Waals surface area contributed by atoms with E-state index in [-0.39, 0.29) is 27.4 Å². The summed E-state index contributed by atoms with van der Waals surface area (Å²) in [6, 6.07) is 9.21. The topological polar surface area (TPSA) is 158 Å². The van der Waals surface area contributed by atoms with Crippen LogP contribution in [0.2, 0.25) is 5.15 Å². The summed E-state index contributed by atoms with van der Waals surface area (Å²) in [4.78, 5) is 36.1. The van der Waals surface area contributed by atoms with Gasteiger partial charge < -0.3 is 19.7 Å². The lowest BCUT2D eigenvalue weighted by Gasteiger charge is -2.33. The fourth-order valence-electron chi connectivity index (χ4n) is 7.16. The zero-order chi connectivity index (χ0) is 37.3.